The highest BCUT2D eigenvalue weighted by molar-refractivity contribution is 7.99. The molecule has 150 valence electrons. The van der Waals surface area contributed by atoms with E-state index in [2.05, 4.69) is 44.4 Å². The van der Waals surface area contributed by atoms with E-state index in [0.29, 0.717) is 5.75 Å². The van der Waals surface area contributed by atoms with Gasteiger partial charge < -0.3 is 14.6 Å². The number of aryl methyl sites for hydroxylation is 2. The van der Waals surface area contributed by atoms with Crippen LogP contribution in [0.5, 0.6) is 5.75 Å². The van der Waals surface area contributed by atoms with Crippen LogP contribution >= 0.6 is 11.8 Å². The molecule has 28 heavy (non-hydrogen) atoms. The van der Waals surface area contributed by atoms with E-state index in [9.17, 15) is 9.90 Å². The van der Waals surface area contributed by atoms with E-state index in [1.54, 1.807) is 11.8 Å². The summed E-state index contributed by atoms with van der Waals surface area (Å²) >= 11 is 1.66. The SMILES string of the molecule is CCSc1cc2c(cc1O)CCn1c-2cc2c1C(=O)N(C(C)(C)C)CCCC2. The predicted molar refractivity (Wildman–Crippen MR) is 115 cm³/mol. The van der Waals surface area contributed by atoms with Crippen molar-refractivity contribution in [1.82, 2.24) is 9.47 Å². The first kappa shape index (κ1) is 19.4. The summed E-state index contributed by atoms with van der Waals surface area (Å²) in [4.78, 5) is 16.5. The highest BCUT2D eigenvalue weighted by Crippen LogP contribution is 2.41. The van der Waals surface area contributed by atoms with Gasteiger partial charge >= 0.3 is 0 Å². The summed E-state index contributed by atoms with van der Waals surface area (Å²) in [7, 11) is 0. The van der Waals surface area contributed by atoms with E-state index in [1.807, 2.05) is 11.0 Å². The van der Waals surface area contributed by atoms with Gasteiger partial charge in [0.2, 0.25) is 0 Å². The van der Waals surface area contributed by atoms with Gasteiger partial charge in [-0.1, -0.05) is 6.92 Å². The average Bonchev–Trinajstić information content (AvgIpc) is 2.97. The topological polar surface area (TPSA) is 45.5 Å². The minimum absolute atomic E-state index is 0.166. The maximum atomic E-state index is 13.6. The summed E-state index contributed by atoms with van der Waals surface area (Å²) in [5, 5.41) is 10.4. The number of carbonyl (C=O) groups excluding carboxylic acids is 1. The van der Waals surface area contributed by atoms with E-state index < -0.39 is 0 Å². The van der Waals surface area contributed by atoms with Crippen LogP contribution in [0.2, 0.25) is 0 Å². The van der Waals surface area contributed by atoms with Gasteiger partial charge in [-0.05, 0) is 81.5 Å². The number of benzene rings is 1. The smallest absolute Gasteiger partial charge is 0.271 e. The van der Waals surface area contributed by atoms with Gasteiger partial charge in [0.05, 0.1) is 0 Å². The molecular formula is C23H30N2O2S. The number of amides is 1. The van der Waals surface area contributed by atoms with Gasteiger partial charge in [0.25, 0.3) is 5.91 Å². The lowest BCUT2D eigenvalue weighted by atomic mass is 9.98. The quantitative estimate of drug-likeness (QED) is 0.716. The van der Waals surface area contributed by atoms with Crippen LogP contribution in [0.3, 0.4) is 0 Å². The van der Waals surface area contributed by atoms with Gasteiger partial charge in [0.15, 0.2) is 0 Å². The van der Waals surface area contributed by atoms with Crippen molar-refractivity contribution in [1.29, 1.82) is 0 Å². The van der Waals surface area contributed by atoms with E-state index in [0.717, 1.165) is 60.8 Å². The number of aromatic hydroxyl groups is 1. The molecule has 1 aromatic heterocycles. The van der Waals surface area contributed by atoms with Crippen molar-refractivity contribution in [2.75, 3.05) is 12.3 Å². The van der Waals surface area contributed by atoms with Crippen LogP contribution in [0.4, 0.5) is 0 Å². The average molecular weight is 399 g/mol. The molecule has 2 aromatic rings. The zero-order valence-electron chi connectivity index (χ0n) is 17.3. The van der Waals surface area contributed by atoms with Crippen molar-refractivity contribution < 1.29 is 9.90 Å². The Kier molecular flexibility index (Phi) is 4.98. The molecule has 0 radical (unpaired) electrons. The Morgan fingerprint density at radius 1 is 1.07 bits per heavy atom. The lowest BCUT2D eigenvalue weighted by Crippen LogP contribution is -2.47. The standard InChI is InChI=1S/C23H30N2O2S/c1-5-28-20-14-17-15(13-19(20)26)9-11-24-18(17)12-16-8-6-7-10-25(23(2,3)4)22(27)21(16)24/h12-14,26H,5-11H2,1-4H3. The summed E-state index contributed by atoms with van der Waals surface area (Å²) in [5.74, 6) is 1.46. The normalized spacial score (nSPS) is 16.9. The number of aromatic nitrogens is 1. The molecule has 1 aromatic carbocycles. The second-order valence-corrected chi connectivity index (χ2v) is 10.1. The summed E-state index contributed by atoms with van der Waals surface area (Å²) in [6.07, 6.45) is 3.96. The molecule has 3 heterocycles. The van der Waals surface area contributed by atoms with E-state index >= 15 is 0 Å². The van der Waals surface area contributed by atoms with Crippen LogP contribution in [0, 0.1) is 0 Å². The third-order valence-corrected chi connectivity index (χ3v) is 6.80. The fraction of sp³-hybridized carbons (Fsp3) is 0.522. The van der Waals surface area contributed by atoms with Crippen molar-refractivity contribution in [3.63, 3.8) is 0 Å². The minimum atomic E-state index is -0.181. The molecule has 0 saturated heterocycles. The van der Waals surface area contributed by atoms with Crippen LogP contribution in [-0.2, 0) is 19.4 Å². The molecule has 0 unspecified atom stereocenters. The number of nitrogens with zero attached hydrogens (tertiary/aromatic N) is 2. The molecule has 2 aliphatic heterocycles. The number of fused-ring (bicyclic) bond motifs is 5. The van der Waals surface area contributed by atoms with Gasteiger partial charge in [0.1, 0.15) is 11.4 Å². The van der Waals surface area contributed by atoms with Crippen molar-refractivity contribution >= 4 is 17.7 Å². The summed E-state index contributed by atoms with van der Waals surface area (Å²) in [5.41, 5.74) is 5.36. The Morgan fingerprint density at radius 3 is 2.57 bits per heavy atom. The second kappa shape index (κ2) is 7.18. The first-order valence-electron chi connectivity index (χ1n) is 10.3. The zero-order chi connectivity index (χ0) is 20.1. The Labute approximate surface area is 171 Å². The van der Waals surface area contributed by atoms with Gasteiger partial charge in [-0.3, -0.25) is 4.79 Å². The van der Waals surface area contributed by atoms with Crippen molar-refractivity contribution in [2.24, 2.45) is 0 Å². The first-order valence-corrected chi connectivity index (χ1v) is 11.3. The number of phenolic OH excluding ortho intramolecular Hbond substituents is 1. The number of phenols is 1. The first-order chi connectivity index (χ1) is 13.3. The fourth-order valence-electron chi connectivity index (χ4n) is 4.52. The summed E-state index contributed by atoms with van der Waals surface area (Å²) < 4.78 is 2.24. The van der Waals surface area contributed by atoms with Crippen LogP contribution in [-0.4, -0.2) is 38.3 Å². The maximum absolute atomic E-state index is 13.6. The number of thioether (sulfide) groups is 1. The number of hydrogen-bond acceptors (Lipinski definition) is 3. The lowest BCUT2D eigenvalue weighted by molar-refractivity contribution is 0.0558. The third-order valence-electron chi connectivity index (χ3n) is 5.88. The van der Waals surface area contributed by atoms with E-state index in [1.165, 1.54) is 16.7 Å². The number of rotatable bonds is 2. The second-order valence-electron chi connectivity index (χ2n) is 8.80. The lowest BCUT2D eigenvalue weighted by Gasteiger charge is -2.37. The number of hydrogen-bond donors (Lipinski definition) is 1. The van der Waals surface area contributed by atoms with Gasteiger partial charge in [-0.25, -0.2) is 0 Å². The van der Waals surface area contributed by atoms with Crippen molar-refractivity contribution in [3.05, 3.63) is 35.0 Å². The summed E-state index contributed by atoms with van der Waals surface area (Å²) in [6.45, 7) is 10.1. The van der Waals surface area contributed by atoms with Crippen LogP contribution in [0.15, 0.2) is 23.1 Å². The Hall–Kier alpha value is -1.88. The predicted octanol–water partition coefficient (Wildman–Crippen LogP) is 5.11. The zero-order valence-corrected chi connectivity index (χ0v) is 18.2. The Bertz CT molecular complexity index is 924. The molecule has 2 aliphatic rings. The van der Waals surface area contributed by atoms with Gasteiger partial charge in [0, 0.05) is 34.8 Å². The maximum Gasteiger partial charge on any atom is 0.271 e. The molecule has 1 amide bonds. The largest absolute Gasteiger partial charge is 0.507 e. The molecular weight excluding hydrogens is 368 g/mol. The molecule has 0 atom stereocenters. The van der Waals surface area contributed by atoms with Crippen LogP contribution < -0.4 is 0 Å². The van der Waals surface area contributed by atoms with E-state index in [4.69, 9.17) is 0 Å². The molecule has 0 saturated carbocycles. The van der Waals surface area contributed by atoms with Gasteiger partial charge in [-0.15, -0.1) is 11.8 Å². The van der Waals surface area contributed by atoms with Gasteiger partial charge in [-0.2, -0.15) is 0 Å². The Morgan fingerprint density at radius 2 is 1.86 bits per heavy atom. The highest BCUT2D eigenvalue weighted by atomic mass is 32.2. The minimum Gasteiger partial charge on any atom is -0.507 e. The molecule has 5 heteroatoms. The molecule has 4 nitrogen and oxygen atoms in total. The Balaban J connectivity index is 1.86. The molecule has 1 N–H and O–H groups in total. The monoisotopic (exact) mass is 398 g/mol. The molecule has 0 aliphatic carbocycles. The number of carbonyl (C=O) groups is 1. The van der Waals surface area contributed by atoms with Crippen LogP contribution in [0.25, 0.3) is 11.3 Å². The third kappa shape index (κ3) is 3.24. The van der Waals surface area contributed by atoms with Crippen molar-refractivity contribution in [3.8, 4) is 17.0 Å². The highest BCUT2D eigenvalue weighted by Gasteiger charge is 2.34. The van der Waals surface area contributed by atoms with Crippen molar-refractivity contribution in [2.45, 2.75) is 70.4 Å². The molecule has 0 bridgehead atoms. The molecule has 0 spiro atoms. The molecule has 0 fully saturated rings. The summed E-state index contributed by atoms with van der Waals surface area (Å²) in [6, 6.07) is 6.27. The van der Waals surface area contributed by atoms with Crippen LogP contribution in [0.1, 0.15) is 62.2 Å². The molecule has 4 rings (SSSR count). The van der Waals surface area contributed by atoms with E-state index in [-0.39, 0.29) is 11.4 Å². The fourth-order valence-corrected chi connectivity index (χ4v) is 5.24.